The van der Waals surface area contributed by atoms with Crippen molar-refractivity contribution in [3.63, 3.8) is 0 Å². The zero-order chi connectivity index (χ0) is 12.7. The van der Waals surface area contributed by atoms with E-state index in [-0.39, 0.29) is 11.9 Å². The van der Waals surface area contributed by atoms with Gasteiger partial charge in [-0.25, -0.2) is 0 Å². The van der Waals surface area contributed by atoms with Crippen molar-refractivity contribution in [3.05, 3.63) is 30.6 Å². The molecule has 3 unspecified atom stereocenters. The maximum absolute atomic E-state index is 12.6. The summed E-state index contributed by atoms with van der Waals surface area (Å²) < 4.78 is 1.74. The molecule has 96 valence electrons. The van der Waals surface area contributed by atoms with Crippen molar-refractivity contribution in [3.8, 4) is 0 Å². The van der Waals surface area contributed by atoms with Crippen LogP contribution in [0.3, 0.4) is 0 Å². The second-order valence-corrected chi connectivity index (χ2v) is 5.45. The lowest BCUT2D eigenvalue weighted by atomic mass is 9.97. The van der Waals surface area contributed by atoms with E-state index in [1.54, 1.807) is 10.9 Å². The van der Waals surface area contributed by atoms with Crippen molar-refractivity contribution < 1.29 is 4.79 Å². The largest absolute Gasteiger partial charge is 0.334 e. The molecule has 0 aromatic carbocycles. The number of carbonyl (C=O) groups excluding carboxylic acids is 1. The number of nitrogens with zero attached hydrogens (tertiary/aromatic N) is 3. The fourth-order valence-electron chi connectivity index (χ4n) is 3.31. The van der Waals surface area contributed by atoms with Gasteiger partial charge in [-0.3, -0.25) is 9.48 Å². The van der Waals surface area contributed by atoms with Gasteiger partial charge < -0.3 is 4.90 Å². The average Bonchev–Trinajstić information content (AvgIpc) is 2.95. The van der Waals surface area contributed by atoms with E-state index >= 15 is 0 Å². The molecule has 2 fully saturated rings. The molecule has 18 heavy (non-hydrogen) atoms. The van der Waals surface area contributed by atoms with Crippen LogP contribution >= 0.6 is 0 Å². The van der Waals surface area contributed by atoms with Crippen LogP contribution in [0, 0.1) is 0 Å². The van der Waals surface area contributed by atoms with E-state index in [2.05, 4.69) is 16.6 Å². The Morgan fingerprint density at radius 1 is 1.44 bits per heavy atom. The van der Waals surface area contributed by atoms with Crippen LogP contribution in [-0.2, 0) is 4.79 Å². The Bertz CT molecular complexity index is 449. The molecule has 2 aliphatic heterocycles. The molecular formula is C14H19N3O. The lowest BCUT2D eigenvalue weighted by Crippen LogP contribution is -2.47. The Morgan fingerprint density at radius 2 is 2.11 bits per heavy atom. The van der Waals surface area contributed by atoms with E-state index < -0.39 is 0 Å². The molecule has 0 spiro atoms. The van der Waals surface area contributed by atoms with E-state index in [4.69, 9.17) is 0 Å². The summed E-state index contributed by atoms with van der Waals surface area (Å²) in [6.07, 6.45) is 7.79. The number of carbonyl (C=O) groups is 1. The lowest BCUT2D eigenvalue weighted by molar-refractivity contribution is -0.138. The van der Waals surface area contributed by atoms with Crippen LogP contribution in [0.2, 0.25) is 0 Å². The average molecular weight is 245 g/mol. The van der Waals surface area contributed by atoms with Crippen LogP contribution in [0.15, 0.2) is 30.6 Å². The molecule has 4 nitrogen and oxygen atoms in total. The van der Waals surface area contributed by atoms with Crippen LogP contribution in [0.1, 0.15) is 38.6 Å². The Kier molecular flexibility index (Phi) is 2.73. The van der Waals surface area contributed by atoms with Crippen LogP contribution in [0.5, 0.6) is 0 Å². The highest BCUT2D eigenvalue weighted by molar-refractivity contribution is 5.81. The van der Waals surface area contributed by atoms with Gasteiger partial charge in [0, 0.05) is 24.5 Å². The van der Waals surface area contributed by atoms with Crippen molar-refractivity contribution in [1.82, 2.24) is 14.7 Å². The van der Waals surface area contributed by atoms with E-state index in [1.165, 1.54) is 5.57 Å². The zero-order valence-corrected chi connectivity index (χ0v) is 10.7. The molecule has 1 amide bonds. The Labute approximate surface area is 107 Å². The standard InChI is InChI=1S/C14H19N3O/c1-10-8-12-4-5-13(9-10)17(12)14(18)11(2)16-7-3-6-15-16/h3,6-7,11-13H,1,4-5,8-9H2,2H3. The summed E-state index contributed by atoms with van der Waals surface area (Å²) in [6, 6.07) is 2.41. The van der Waals surface area contributed by atoms with E-state index in [0.717, 1.165) is 25.7 Å². The predicted octanol–water partition coefficient (Wildman–Crippen LogP) is 2.15. The van der Waals surface area contributed by atoms with Crippen molar-refractivity contribution in [2.75, 3.05) is 0 Å². The first-order valence-electron chi connectivity index (χ1n) is 6.65. The predicted molar refractivity (Wildman–Crippen MR) is 69.0 cm³/mol. The number of hydrogen-bond acceptors (Lipinski definition) is 2. The smallest absolute Gasteiger partial charge is 0.247 e. The quantitative estimate of drug-likeness (QED) is 0.749. The second-order valence-electron chi connectivity index (χ2n) is 5.45. The molecular weight excluding hydrogens is 226 g/mol. The summed E-state index contributed by atoms with van der Waals surface area (Å²) in [7, 11) is 0. The highest BCUT2D eigenvalue weighted by Gasteiger charge is 2.42. The van der Waals surface area contributed by atoms with Crippen LogP contribution in [0.25, 0.3) is 0 Å². The summed E-state index contributed by atoms with van der Waals surface area (Å²) in [6.45, 7) is 6.02. The SMILES string of the molecule is C=C1CC2CCC(C1)N2C(=O)C(C)n1cccn1. The fraction of sp³-hybridized carbons (Fsp3) is 0.571. The van der Waals surface area contributed by atoms with Crippen molar-refractivity contribution in [2.24, 2.45) is 0 Å². The molecule has 0 radical (unpaired) electrons. The summed E-state index contributed by atoms with van der Waals surface area (Å²) in [4.78, 5) is 14.7. The van der Waals surface area contributed by atoms with Crippen molar-refractivity contribution in [1.29, 1.82) is 0 Å². The third-order valence-electron chi connectivity index (χ3n) is 4.20. The third-order valence-corrected chi connectivity index (χ3v) is 4.20. The van der Waals surface area contributed by atoms with Gasteiger partial charge in [-0.05, 0) is 38.7 Å². The van der Waals surface area contributed by atoms with Gasteiger partial charge in [0.15, 0.2) is 0 Å². The minimum atomic E-state index is -0.200. The molecule has 0 saturated carbocycles. The van der Waals surface area contributed by atoms with Gasteiger partial charge in [0.05, 0.1) is 0 Å². The molecule has 1 aromatic heterocycles. The van der Waals surface area contributed by atoms with Crippen molar-refractivity contribution >= 4 is 5.91 Å². The summed E-state index contributed by atoms with van der Waals surface area (Å²) in [5.41, 5.74) is 1.30. The number of rotatable bonds is 2. The third kappa shape index (κ3) is 1.76. The molecule has 2 aliphatic rings. The lowest BCUT2D eigenvalue weighted by Gasteiger charge is -2.37. The van der Waals surface area contributed by atoms with Gasteiger partial charge in [0.25, 0.3) is 0 Å². The maximum Gasteiger partial charge on any atom is 0.247 e. The molecule has 0 aliphatic carbocycles. The molecule has 3 rings (SSSR count). The highest BCUT2D eigenvalue weighted by Crippen LogP contribution is 2.38. The molecule has 1 aromatic rings. The first kappa shape index (κ1) is 11.5. The Hall–Kier alpha value is -1.58. The Morgan fingerprint density at radius 3 is 2.67 bits per heavy atom. The Balaban J connectivity index is 1.79. The van der Waals surface area contributed by atoms with Gasteiger partial charge >= 0.3 is 0 Å². The molecule has 2 bridgehead atoms. The normalized spacial score (nSPS) is 28.5. The molecule has 3 heterocycles. The molecule has 4 heteroatoms. The van der Waals surface area contributed by atoms with Crippen LogP contribution in [-0.4, -0.2) is 32.7 Å². The number of aromatic nitrogens is 2. The van der Waals surface area contributed by atoms with Gasteiger partial charge in [-0.15, -0.1) is 0 Å². The molecule has 0 N–H and O–H groups in total. The summed E-state index contributed by atoms with van der Waals surface area (Å²) in [5.74, 6) is 0.207. The first-order chi connectivity index (χ1) is 8.66. The van der Waals surface area contributed by atoms with E-state index in [0.29, 0.717) is 12.1 Å². The van der Waals surface area contributed by atoms with Gasteiger partial charge in [0.2, 0.25) is 5.91 Å². The van der Waals surface area contributed by atoms with E-state index in [9.17, 15) is 4.79 Å². The maximum atomic E-state index is 12.6. The number of piperidine rings is 1. The summed E-state index contributed by atoms with van der Waals surface area (Å²) in [5, 5.41) is 4.17. The minimum absolute atomic E-state index is 0.200. The number of amides is 1. The van der Waals surface area contributed by atoms with Crippen LogP contribution < -0.4 is 0 Å². The second kappa shape index (κ2) is 4.26. The monoisotopic (exact) mass is 245 g/mol. The number of hydrogen-bond donors (Lipinski definition) is 0. The first-order valence-corrected chi connectivity index (χ1v) is 6.65. The summed E-state index contributed by atoms with van der Waals surface area (Å²) >= 11 is 0. The zero-order valence-electron chi connectivity index (χ0n) is 10.7. The molecule has 3 atom stereocenters. The highest BCUT2D eigenvalue weighted by atomic mass is 16.2. The minimum Gasteiger partial charge on any atom is -0.334 e. The van der Waals surface area contributed by atoms with Crippen molar-refractivity contribution in [2.45, 2.75) is 50.7 Å². The van der Waals surface area contributed by atoms with E-state index in [1.807, 2.05) is 19.2 Å². The van der Waals surface area contributed by atoms with Crippen LogP contribution in [0.4, 0.5) is 0 Å². The fourth-order valence-corrected chi connectivity index (χ4v) is 3.31. The van der Waals surface area contributed by atoms with Gasteiger partial charge in [-0.2, -0.15) is 5.10 Å². The number of fused-ring (bicyclic) bond motifs is 2. The topological polar surface area (TPSA) is 38.1 Å². The van der Waals surface area contributed by atoms with Gasteiger partial charge in [0.1, 0.15) is 6.04 Å². The van der Waals surface area contributed by atoms with Gasteiger partial charge in [-0.1, -0.05) is 12.2 Å². The molecule has 2 saturated heterocycles.